The second-order valence-corrected chi connectivity index (χ2v) is 4.93. The predicted molar refractivity (Wildman–Crippen MR) is 74.6 cm³/mol. The summed E-state index contributed by atoms with van der Waals surface area (Å²) in [6.45, 7) is 2.13. The third kappa shape index (κ3) is 1.96. The average Bonchev–Trinajstić information content (AvgIpc) is 2.50. The van der Waals surface area contributed by atoms with E-state index in [1.54, 1.807) is 0 Å². The number of fused-ring (bicyclic) bond motifs is 1. The lowest BCUT2D eigenvalue weighted by Gasteiger charge is -2.31. The van der Waals surface area contributed by atoms with Gasteiger partial charge in [0.1, 0.15) is 0 Å². The molecule has 3 heteroatoms. The van der Waals surface area contributed by atoms with Gasteiger partial charge in [-0.05, 0) is 37.3 Å². The van der Waals surface area contributed by atoms with Gasteiger partial charge in [-0.2, -0.15) is 0 Å². The molecular weight excluding hydrogens is 232 g/mol. The minimum absolute atomic E-state index is 0. The van der Waals surface area contributed by atoms with Gasteiger partial charge in [0.2, 0.25) is 0 Å². The molecule has 1 aromatic carbocycles. The normalized spacial score (nSPS) is 17.5. The van der Waals surface area contributed by atoms with Crippen molar-refractivity contribution in [1.29, 1.82) is 0 Å². The van der Waals surface area contributed by atoms with E-state index in [9.17, 15) is 0 Å². The first kappa shape index (κ1) is 12.5. The quantitative estimate of drug-likeness (QED) is 0.839. The van der Waals surface area contributed by atoms with Crippen LogP contribution < -0.4 is 5.73 Å². The summed E-state index contributed by atoms with van der Waals surface area (Å²) in [5.41, 5.74) is 10.2. The van der Waals surface area contributed by atoms with Gasteiger partial charge in [0.15, 0.2) is 0 Å². The van der Waals surface area contributed by atoms with E-state index in [1.165, 1.54) is 41.4 Å². The Morgan fingerprint density at radius 2 is 2.00 bits per heavy atom. The number of benzene rings is 1. The van der Waals surface area contributed by atoms with Gasteiger partial charge >= 0.3 is 0 Å². The Balaban J connectivity index is 0.00000108. The van der Waals surface area contributed by atoms with E-state index in [1.807, 2.05) is 0 Å². The summed E-state index contributed by atoms with van der Waals surface area (Å²) in [5, 5.41) is 1.31. The van der Waals surface area contributed by atoms with Gasteiger partial charge in [0.05, 0.1) is 0 Å². The fourth-order valence-electron chi connectivity index (χ4n) is 2.76. The third-order valence-electron chi connectivity index (χ3n) is 3.93. The van der Waals surface area contributed by atoms with E-state index in [0.29, 0.717) is 5.92 Å². The van der Waals surface area contributed by atoms with Gasteiger partial charge in [-0.3, -0.25) is 0 Å². The minimum atomic E-state index is 0. The highest BCUT2D eigenvalue weighted by molar-refractivity contribution is 5.85. The zero-order chi connectivity index (χ0) is 11.1. The molecule has 92 valence electrons. The highest BCUT2D eigenvalue weighted by Crippen LogP contribution is 2.39. The SMILES string of the molecule is Cc1[nH]c2ccccc2c1[C@H](N)C1CCC1.Cl. The second kappa shape index (κ2) is 4.71. The predicted octanol–water partition coefficient (Wildman–Crippen LogP) is 3.70. The lowest BCUT2D eigenvalue weighted by Crippen LogP contribution is -2.27. The number of hydrogen-bond acceptors (Lipinski definition) is 1. The number of aryl methyl sites for hydroxylation is 1. The van der Waals surface area contributed by atoms with E-state index >= 15 is 0 Å². The molecule has 0 spiro atoms. The molecule has 0 unspecified atom stereocenters. The molecule has 3 rings (SSSR count). The number of H-pyrrole nitrogens is 1. The van der Waals surface area contributed by atoms with Crippen molar-refractivity contribution in [3.63, 3.8) is 0 Å². The summed E-state index contributed by atoms with van der Waals surface area (Å²) in [7, 11) is 0. The molecule has 2 aromatic rings. The standard InChI is InChI=1S/C14H18N2.ClH/c1-9-13(14(15)10-5-4-6-10)11-7-2-3-8-12(11)16-9;/h2-3,7-8,10,14,16H,4-6,15H2,1H3;1H/t14-;/m1./s1. The Kier molecular flexibility index (Phi) is 3.45. The van der Waals surface area contributed by atoms with Gasteiger partial charge < -0.3 is 10.7 Å². The molecule has 1 aromatic heterocycles. The van der Waals surface area contributed by atoms with Gasteiger partial charge in [-0.25, -0.2) is 0 Å². The van der Waals surface area contributed by atoms with Crippen molar-refractivity contribution in [2.75, 3.05) is 0 Å². The molecule has 0 saturated heterocycles. The molecular formula is C14H19ClN2. The van der Waals surface area contributed by atoms with Gasteiger partial charge in [0.25, 0.3) is 0 Å². The summed E-state index contributed by atoms with van der Waals surface area (Å²) < 4.78 is 0. The number of aromatic amines is 1. The number of nitrogens with one attached hydrogen (secondary N) is 1. The fourth-order valence-corrected chi connectivity index (χ4v) is 2.76. The molecule has 0 bridgehead atoms. The molecule has 0 aliphatic heterocycles. The maximum absolute atomic E-state index is 6.39. The molecule has 1 fully saturated rings. The first-order valence-corrected chi connectivity index (χ1v) is 6.10. The summed E-state index contributed by atoms with van der Waals surface area (Å²) in [6, 6.07) is 8.67. The Morgan fingerprint density at radius 1 is 1.29 bits per heavy atom. The van der Waals surface area contributed by atoms with Crippen LogP contribution in [0.15, 0.2) is 24.3 Å². The van der Waals surface area contributed by atoms with Crippen molar-refractivity contribution in [2.45, 2.75) is 32.2 Å². The van der Waals surface area contributed by atoms with Crippen LogP contribution in [0, 0.1) is 12.8 Å². The van der Waals surface area contributed by atoms with Crippen molar-refractivity contribution in [3.8, 4) is 0 Å². The minimum Gasteiger partial charge on any atom is -0.358 e. The van der Waals surface area contributed by atoms with Gasteiger partial charge in [0, 0.05) is 22.6 Å². The second-order valence-electron chi connectivity index (χ2n) is 4.93. The van der Waals surface area contributed by atoms with Crippen molar-refractivity contribution in [3.05, 3.63) is 35.5 Å². The molecule has 17 heavy (non-hydrogen) atoms. The average molecular weight is 251 g/mol. The van der Waals surface area contributed by atoms with E-state index in [2.05, 4.69) is 36.2 Å². The molecule has 0 amide bonds. The number of halogens is 1. The Bertz CT molecular complexity index is 514. The van der Waals surface area contributed by atoms with Crippen LogP contribution in [0.2, 0.25) is 0 Å². The Hall–Kier alpha value is -0.990. The molecule has 3 N–H and O–H groups in total. The molecule has 2 nitrogen and oxygen atoms in total. The molecule has 0 radical (unpaired) electrons. The largest absolute Gasteiger partial charge is 0.358 e. The zero-order valence-corrected chi connectivity index (χ0v) is 10.9. The Morgan fingerprint density at radius 3 is 2.65 bits per heavy atom. The van der Waals surface area contributed by atoms with Crippen LogP contribution >= 0.6 is 12.4 Å². The van der Waals surface area contributed by atoms with Crippen molar-refractivity contribution in [2.24, 2.45) is 11.7 Å². The highest BCUT2D eigenvalue weighted by Gasteiger charge is 2.28. The molecule has 1 atom stereocenters. The van der Waals surface area contributed by atoms with Crippen LogP contribution in [0.4, 0.5) is 0 Å². The molecule has 1 saturated carbocycles. The third-order valence-corrected chi connectivity index (χ3v) is 3.93. The van der Waals surface area contributed by atoms with Crippen LogP contribution in [0.25, 0.3) is 10.9 Å². The van der Waals surface area contributed by atoms with Crippen LogP contribution in [-0.4, -0.2) is 4.98 Å². The van der Waals surface area contributed by atoms with Crippen LogP contribution in [-0.2, 0) is 0 Å². The number of nitrogens with two attached hydrogens (primary N) is 1. The Labute approximate surface area is 108 Å². The van der Waals surface area contributed by atoms with Crippen LogP contribution in [0.1, 0.15) is 36.6 Å². The van der Waals surface area contributed by atoms with Crippen molar-refractivity contribution in [1.82, 2.24) is 4.98 Å². The number of aromatic nitrogens is 1. The van der Waals surface area contributed by atoms with E-state index in [0.717, 1.165) is 0 Å². The van der Waals surface area contributed by atoms with Crippen LogP contribution in [0.3, 0.4) is 0 Å². The lowest BCUT2D eigenvalue weighted by molar-refractivity contribution is 0.265. The maximum atomic E-state index is 6.39. The lowest BCUT2D eigenvalue weighted by atomic mass is 9.77. The topological polar surface area (TPSA) is 41.8 Å². The van der Waals surface area contributed by atoms with Crippen molar-refractivity contribution < 1.29 is 0 Å². The zero-order valence-electron chi connectivity index (χ0n) is 10.1. The highest BCUT2D eigenvalue weighted by atomic mass is 35.5. The smallest absolute Gasteiger partial charge is 0.0459 e. The molecule has 1 aliphatic rings. The van der Waals surface area contributed by atoms with E-state index < -0.39 is 0 Å². The molecule has 1 heterocycles. The van der Waals surface area contributed by atoms with Gasteiger partial charge in [-0.15, -0.1) is 12.4 Å². The maximum Gasteiger partial charge on any atom is 0.0459 e. The van der Waals surface area contributed by atoms with Crippen molar-refractivity contribution >= 4 is 23.3 Å². The van der Waals surface area contributed by atoms with Gasteiger partial charge in [-0.1, -0.05) is 24.6 Å². The van der Waals surface area contributed by atoms with E-state index in [4.69, 9.17) is 5.73 Å². The first-order valence-electron chi connectivity index (χ1n) is 6.10. The monoisotopic (exact) mass is 250 g/mol. The molecule has 1 aliphatic carbocycles. The number of hydrogen-bond donors (Lipinski definition) is 2. The summed E-state index contributed by atoms with van der Waals surface area (Å²) >= 11 is 0. The van der Waals surface area contributed by atoms with E-state index in [-0.39, 0.29) is 18.4 Å². The first-order chi connectivity index (χ1) is 7.77. The summed E-state index contributed by atoms with van der Waals surface area (Å²) in [6.07, 6.45) is 3.93. The number of para-hydroxylation sites is 1. The fraction of sp³-hybridized carbons (Fsp3) is 0.429. The van der Waals surface area contributed by atoms with Crippen LogP contribution in [0.5, 0.6) is 0 Å². The summed E-state index contributed by atoms with van der Waals surface area (Å²) in [4.78, 5) is 3.43. The summed E-state index contributed by atoms with van der Waals surface area (Å²) in [5.74, 6) is 0.693. The number of rotatable bonds is 2.